The minimum absolute atomic E-state index is 0.0552. The van der Waals surface area contributed by atoms with Gasteiger partial charge in [0, 0.05) is 30.5 Å². The van der Waals surface area contributed by atoms with Gasteiger partial charge in [-0.2, -0.15) is 0 Å². The van der Waals surface area contributed by atoms with Crippen LogP contribution in [0.4, 0.5) is 0 Å². The highest BCUT2D eigenvalue weighted by atomic mass is 16.2. The number of carbonyl (C=O) groups is 3. The molecule has 0 bridgehead atoms. The second-order valence-corrected chi connectivity index (χ2v) is 8.09. The van der Waals surface area contributed by atoms with Crippen LogP contribution in [0.25, 0.3) is 11.1 Å². The number of amides is 3. The van der Waals surface area contributed by atoms with Crippen LogP contribution in [0.3, 0.4) is 0 Å². The van der Waals surface area contributed by atoms with E-state index in [9.17, 15) is 14.4 Å². The Hall–Kier alpha value is -3.15. The molecule has 3 N–H and O–H groups in total. The lowest BCUT2D eigenvalue weighted by atomic mass is 10.0. The van der Waals surface area contributed by atoms with Crippen LogP contribution in [0.15, 0.2) is 54.6 Å². The first-order chi connectivity index (χ1) is 14.8. The molecule has 0 heterocycles. The maximum absolute atomic E-state index is 12.8. The second-order valence-electron chi connectivity index (χ2n) is 8.09. The van der Waals surface area contributed by atoms with Crippen molar-refractivity contribution < 1.29 is 14.4 Å². The fourth-order valence-corrected chi connectivity index (χ4v) is 2.98. The Morgan fingerprint density at radius 1 is 0.839 bits per heavy atom. The zero-order valence-corrected chi connectivity index (χ0v) is 18.8. The number of nitrogens with one attached hydrogen (secondary N) is 3. The quantitative estimate of drug-likeness (QED) is 0.546. The highest BCUT2D eigenvalue weighted by Crippen LogP contribution is 2.19. The highest BCUT2D eigenvalue weighted by Gasteiger charge is 2.20. The second kappa shape index (κ2) is 11.9. The van der Waals surface area contributed by atoms with E-state index in [-0.39, 0.29) is 42.6 Å². The summed E-state index contributed by atoms with van der Waals surface area (Å²) in [5.74, 6) is -0.720. The lowest BCUT2D eigenvalue weighted by Gasteiger charge is -2.21. The third kappa shape index (κ3) is 7.89. The minimum Gasteiger partial charge on any atom is -0.354 e. The van der Waals surface area contributed by atoms with Gasteiger partial charge >= 0.3 is 0 Å². The molecule has 2 unspecified atom stereocenters. The van der Waals surface area contributed by atoms with Crippen molar-refractivity contribution >= 4 is 17.7 Å². The Balaban J connectivity index is 2.05. The zero-order chi connectivity index (χ0) is 22.8. The van der Waals surface area contributed by atoms with E-state index in [1.54, 1.807) is 26.0 Å². The number of hydrogen-bond donors (Lipinski definition) is 3. The molecule has 166 valence electrons. The molecular formula is C25H33N3O3. The molecule has 2 rings (SSSR count). The van der Waals surface area contributed by atoms with Crippen LogP contribution in [0.1, 0.15) is 50.9 Å². The van der Waals surface area contributed by atoms with Gasteiger partial charge in [0.1, 0.15) is 0 Å². The first-order valence-corrected chi connectivity index (χ1v) is 10.8. The van der Waals surface area contributed by atoms with Crippen LogP contribution in [0.5, 0.6) is 0 Å². The fraction of sp³-hybridized carbons (Fsp3) is 0.400. The topological polar surface area (TPSA) is 87.3 Å². The van der Waals surface area contributed by atoms with Crippen LogP contribution in [-0.2, 0) is 9.59 Å². The zero-order valence-electron chi connectivity index (χ0n) is 18.8. The standard InChI is InChI=1S/C25H33N3O3/c1-5-18(4)27-23(29)15-22(16-26-24(30)17(2)3)28-25(31)21-13-11-20(12-14-21)19-9-7-6-8-10-19/h6-14,17-18,22H,5,15-16H2,1-4H3,(H,26,30)(H,27,29)(H,28,31). The van der Waals surface area contributed by atoms with Gasteiger partial charge in [-0.1, -0.05) is 63.2 Å². The minimum atomic E-state index is -0.506. The molecule has 2 atom stereocenters. The Kier molecular flexibility index (Phi) is 9.25. The molecule has 0 aliphatic rings. The van der Waals surface area contributed by atoms with E-state index in [0.717, 1.165) is 17.5 Å². The van der Waals surface area contributed by atoms with Crippen molar-refractivity contribution in [1.82, 2.24) is 16.0 Å². The number of carbonyl (C=O) groups excluding carboxylic acids is 3. The Labute approximate surface area is 184 Å². The molecule has 6 heteroatoms. The Morgan fingerprint density at radius 2 is 1.45 bits per heavy atom. The maximum atomic E-state index is 12.8. The van der Waals surface area contributed by atoms with Gasteiger partial charge in [0.25, 0.3) is 5.91 Å². The highest BCUT2D eigenvalue weighted by molar-refractivity contribution is 5.95. The van der Waals surface area contributed by atoms with Crippen LogP contribution in [0, 0.1) is 5.92 Å². The van der Waals surface area contributed by atoms with Crippen molar-refractivity contribution in [3.05, 3.63) is 60.2 Å². The first-order valence-electron chi connectivity index (χ1n) is 10.8. The van der Waals surface area contributed by atoms with Crippen molar-refractivity contribution in [1.29, 1.82) is 0 Å². The summed E-state index contributed by atoms with van der Waals surface area (Å²) in [4.78, 5) is 37.1. The molecular weight excluding hydrogens is 390 g/mol. The summed E-state index contributed by atoms with van der Waals surface area (Å²) in [6.45, 7) is 7.71. The summed E-state index contributed by atoms with van der Waals surface area (Å²) < 4.78 is 0. The van der Waals surface area contributed by atoms with Crippen molar-refractivity contribution in [2.75, 3.05) is 6.54 Å². The van der Waals surface area contributed by atoms with Gasteiger partial charge in [-0.15, -0.1) is 0 Å². The Morgan fingerprint density at radius 3 is 2.03 bits per heavy atom. The summed E-state index contributed by atoms with van der Waals surface area (Å²) in [6, 6.07) is 16.8. The van der Waals surface area contributed by atoms with E-state index in [1.807, 2.05) is 56.3 Å². The molecule has 0 saturated heterocycles. The molecule has 0 saturated carbocycles. The van der Waals surface area contributed by atoms with Crippen molar-refractivity contribution in [3.63, 3.8) is 0 Å². The van der Waals surface area contributed by atoms with Crippen molar-refractivity contribution in [2.24, 2.45) is 5.92 Å². The third-order valence-electron chi connectivity index (χ3n) is 5.09. The molecule has 0 aliphatic heterocycles. The van der Waals surface area contributed by atoms with Gasteiger partial charge in [0.2, 0.25) is 11.8 Å². The molecule has 2 aromatic carbocycles. The monoisotopic (exact) mass is 423 g/mol. The van der Waals surface area contributed by atoms with Gasteiger partial charge in [0.15, 0.2) is 0 Å². The van der Waals surface area contributed by atoms with E-state index < -0.39 is 6.04 Å². The maximum Gasteiger partial charge on any atom is 0.251 e. The van der Waals surface area contributed by atoms with E-state index in [1.165, 1.54) is 0 Å². The van der Waals surface area contributed by atoms with Gasteiger partial charge < -0.3 is 16.0 Å². The van der Waals surface area contributed by atoms with E-state index in [2.05, 4.69) is 16.0 Å². The largest absolute Gasteiger partial charge is 0.354 e. The molecule has 6 nitrogen and oxygen atoms in total. The summed E-state index contributed by atoms with van der Waals surface area (Å²) in [5.41, 5.74) is 2.60. The van der Waals surface area contributed by atoms with Crippen molar-refractivity contribution in [2.45, 2.75) is 52.6 Å². The average Bonchev–Trinajstić information content (AvgIpc) is 2.77. The smallest absolute Gasteiger partial charge is 0.251 e. The molecule has 2 aromatic rings. The van der Waals surface area contributed by atoms with Crippen LogP contribution in [0.2, 0.25) is 0 Å². The summed E-state index contributed by atoms with van der Waals surface area (Å²) in [7, 11) is 0. The molecule has 3 amide bonds. The van der Waals surface area contributed by atoms with Crippen LogP contribution >= 0.6 is 0 Å². The molecule has 31 heavy (non-hydrogen) atoms. The van der Waals surface area contributed by atoms with Gasteiger partial charge in [-0.3, -0.25) is 14.4 Å². The lowest BCUT2D eigenvalue weighted by molar-refractivity contribution is -0.125. The van der Waals surface area contributed by atoms with E-state index >= 15 is 0 Å². The van der Waals surface area contributed by atoms with Gasteiger partial charge in [0.05, 0.1) is 6.04 Å². The predicted molar refractivity (Wildman–Crippen MR) is 123 cm³/mol. The molecule has 0 aromatic heterocycles. The van der Waals surface area contributed by atoms with Crippen LogP contribution < -0.4 is 16.0 Å². The predicted octanol–water partition coefficient (Wildman–Crippen LogP) is 3.53. The van der Waals surface area contributed by atoms with E-state index in [4.69, 9.17) is 0 Å². The van der Waals surface area contributed by atoms with Gasteiger partial charge in [-0.25, -0.2) is 0 Å². The summed E-state index contributed by atoms with van der Waals surface area (Å²) in [5, 5.41) is 8.61. The fourth-order valence-electron chi connectivity index (χ4n) is 2.98. The SMILES string of the molecule is CCC(C)NC(=O)CC(CNC(=O)C(C)C)NC(=O)c1ccc(-c2ccccc2)cc1. The number of rotatable bonds is 10. The third-order valence-corrected chi connectivity index (χ3v) is 5.09. The normalized spacial score (nSPS) is 12.7. The molecule has 0 aliphatic carbocycles. The average molecular weight is 424 g/mol. The Bertz CT molecular complexity index is 863. The van der Waals surface area contributed by atoms with Gasteiger partial charge in [-0.05, 0) is 36.6 Å². The number of hydrogen-bond acceptors (Lipinski definition) is 3. The van der Waals surface area contributed by atoms with Crippen LogP contribution in [-0.4, -0.2) is 36.3 Å². The first kappa shape index (κ1) is 24.1. The summed E-state index contributed by atoms with van der Waals surface area (Å²) in [6.07, 6.45) is 0.914. The van der Waals surface area contributed by atoms with E-state index in [0.29, 0.717) is 5.56 Å². The number of benzene rings is 2. The molecule has 0 spiro atoms. The molecule has 0 radical (unpaired) electrons. The summed E-state index contributed by atoms with van der Waals surface area (Å²) >= 11 is 0. The van der Waals surface area contributed by atoms with Crippen molar-refractivity contribution in [3.8, 4) is 11.1 Å². The molecule has 0 fully saturated rings. The lowest BCUT2D eigenvalue weighted by Crippen LogP contribution is -2.47.